The summed E-state index contributed by atoms with van der Waals surface area (Å²) in [5, 5.41) is 6.95. The van der Waals surface area contributed by atoms with E-state index in [1.807, 2.05) is 13.8 Å². The van der Waals surface area contributed by atoms with Crippen LogP contribution in [0.25, 0.3) is 0 Å². The molecule has 0 spiro atoms. The van der Waals surface area contributed by atoms with Crippen molar-refractivity contribution >= 4 is 11.8 Å². The third kappa shape index (κ3) is 4.95. The van der Waals surface area contributed by atoms with Crippen molar-refractivity contribution in [2.45, 2.75) is 26.9 Å². The Morgan fingerprint density at radius 3 is 2.46 bits per heavy atom. The minimum atomic E-state index is -0.286. The molecule has 1 saturated heterocycles. The lowest BCUT2D eigenvalue weighted by Crippen LogP contribution is -2.50. The van der Waals surface area contributed by atoms with Gasteiger partial charge in [0, 0.05) is 39.3 Å². The van der Waals surface area contributed by atoms with Crippen molar-refractivity contribution in [3.05, 3.63) is 53.1 Å². The van der Waals surface area contributed by atoms with E-state index in [0.717, 1.165) is 30.9 Å². The second-order valence-electron chi connectivity index (χ2n) is 6.95. The van der Waals surface area contributed by atoms with E-state index in [4.69, 9.17) is 0 Å². The molecular weight excluding hydrogens is 361 g/mol. The summed E-state index contributed by atoms with van der Waals surface area (Å²) in [7, 11) is 0. The van der Waals surface area contributed by atoms with Crippen LogP contribution in [0.5, 0.6) is 0 Å². The smallest absolute Gasteiger partial charge is 0.269 e. The number of hydrogen-bond acceptors (Lipinski definition) is 4. The molecule has 1 fully saturated rings. The Kier molecular flexibility index (Phi) is 6.41. The van der Waals surface area contributed by atoms with Crippen molar-refractivity contribution in [1.82, 2.24) is 24.9 Å². The summed E-state index contributed by atoms with van der Waals surface area (Å²) in [6, 6.07) is 8.21. The number of halogens is 1. The number of carbonyl (C=O) groups is 2. The number of hydrogen-bond donors (Lipinski definition) is 1. The predicted molar refractivity (Wildman–Crippen MR) is 103 cm³/mol. The molecule has 1 aromatic carbocycles. The van der Waals surface area contributed by atoms with Crippen molar-refractivity contribution in [3.8, 4) is 0 Å². The van der Waals surface area contributed by atoms with Crippen molar-refractivity contribution in [2.75, 3.05) is 32.7 Å². The Hall–Kier alpha value is -2.74. The van der Waals surface area contributed by atoms with Crippen molar-refractivity contribution in [2.24, 2.45) is 0 Å². The van der Waals surface area contributed by atoms with Gasteiger partial charge in [-0.25, -0.2) is 4.39 Å². The number of rotatable bonds is 6. The standard InChI is InChI=1S/C20H26FN5O2/c1-3-26-18(12-15(2)23-26)20(28)22-13-19(27)25-10-8-24(9-11-25)14-16-4-6-17(21)7-5-16/h4-7,12H,3,8-11,13-14H2,1-2H3,(H,22,28). The third-order valence-corrected chi connectivity index (χ3v) is 4.88. The lowest BCUT2D eigenvalue weighted by molar-refractivity contribution is -0.131. The summed E-state index contributed by atoms with van der Waals surface area (Å²) in [6.07, 6.45) is 0. The quantitative estimate of drug-likeness (QED) is 0.814. The summed E-state index contributed by atoms with van der Waals surface area (Å²) in [4.78, 5) is 28.8. The van der Waals surface area contributed by atoms with Crippen LogP contribution >= 0.6 is 0 Å². The summed E-state index contributed by atoms with van der Waals surface area (Å²) < 4.78 is 14.6. The van der Waals surface area contributed by atoms with E-state index in [1.165, 1.54) is 12.1 Å². The lowest BCUT2D eigenvalue weighted by atomic mass is 10.2. The summed E-state index contributed by atoms with van der Waals surface area (Å²) >= 11 is 0. The monoisotopic (exact) mass is 387 g/mol. The van der Waals surface area contributed by atoms with Crippen LogP contribution in [0.1, 0.15) is 28.7 Å². The Morgan fingerprint density at radius 2 is 1.82 bits per heavy atom. The summed E-state index contributed by atoms with van der Waals surface area (Å²) in [5.74, 6) is -0.613. The average molecular weight is 387 g/mol. The minimum Gasteiger partial charge on any atom is -0.342 e. The third-order valence-electron chi connectivity index (χ3n) is 4.88. The maximum Gasteiger partial charge on any atom is 0.269 e. The first-order chi connectivity index (χ1) is 13.5. The predicted octanol–water partition coefficient (Wildman–Crippen LogP) is 1.42. The second-order valence-corrected chi connectivity index (χ2v) is 6.95. The molecule has 150 valence electrons. The zero-order valence-corrected chi connectivity index (χ0v) is 16.3. The molecule has 0 radical (unpaired) electrons. The van der Waals surface area contributed by atoms with Gasteiger partial charge in [0.25, 0.3) is 5.91 Å². The molecular formula is C20H26FN5O2. The number of amides is 2. The number of aromatic nitrogens is 2. The van der Waals surface area contributed by atoms with E-state index in [9.17, 15) is 14.0 Å². The minimum absolute atomic E-state index is 0.0231. The first-order valence-corrected chi connectivity index (χ1v) is 9.53. The van der Waals surface area contributed by atoms with E-state index >= 15 is 0 Å². The van der Waals surface area contributed by atoms with Crippen LogP contribution in [-0.2, 0) is 17.9 Å². The SMILES string of the molecule is CCn1nc(C)cc1C(=O)NCC(=O)N1CCN(Cc2ccc(F)cc2)CC1. The van der Waals surface area contributed by atoms with E-state index in [0.29, 0.717) is 25.3 Å². The van der Waals surface area contributed by atoms with Crippen molar-refractivity contribution in [3.63, 3.8) is 0 Å². The van der Waals surface area contributed by atoms with Crippen LogP contribution in [0, 0.1) is 12.7 Å². The molecule has 1 aliphatic heterocycles. The van der Waals surface area contributed by atoms with Gasteiger partial charge in [-0.3, -0.25) is 19.2 Å². The molecule has 2 amide bonds. The number of nitrogens with one attached hydrogen (secondary N) is 1. The molecule has 0 aliphatic carbocycles. The molecule has 0 unspecified atom stereocenters. The van der Waals surface area contributed by atoms with Gasteiger partial charge >= 0.3 is 0 Å². The van der Waals surface area contributed by atoms with Gasteiger partial charge in [0.1, 0.15) is 11.5 Å². The van der Waals surface area contributed by atoms with Crippen LogP contribution < -0.4 is 5.32 Å². The molecule has 0 atom stereocenters. The Morgan fingerprint density at radius 1 is 1.14 bits per heavy atom. The van der Waals surface area contributed by atoms with E-state index in [-0.39, 0.29) is 24.2 Å². The first-order valence-electron chi connectivity index (χ1n) is 9.53. The van der Waals surface area contributed by atoms with Crippen LogP contribution in [-0.4, -0.2) is 64.1 Å². The molecule has 2 aromatic rings. The molecule has 2 heterocycles. The number of benzene rings is 1. The van der Waals surface area contributed by atoms with Gasteiger partial charge in [0.15, 0.2) is 0 Å². The molecule has 3 rings (SSSR count). The van der Waals surface area contributed by atoms with Gasteiger partial charge < -0.3 is 10.2 Å². The van der Waals surface area contributed by atoms with Gasteiger partial charge in [0.05, 0.1) is 12.2 Å². The number of carbonyl (C=O) groups excluding carboxylic acids is 2. The van der Waals surface area contributed by atoms with Crippen molar-refractivity contribution in [1.29, 1.82) is 0 Å². The molecule has 0 saturated carbocycles. The Labute approximate surface area is 164 Å². The highest BCUT2D eigenvalue weighted by Crippen LogP contribution is 2.10. The van der Waals surface area contributed by atoms with Crippen LogP contribution in [0.3, 0.4) is 0 Å². The first kappa shape index (κ1) is 20.0. The van der Waals surface area contributed by atoms with Crippen LogP contribution in [0.4, 0.5) is 4.39 Å². The molecule has 28 heavy (non-hydrogen) atoms. The van der Waals surface area contributed by atoms with Gasteiger partial charge in [-0.1, -0.05) is 12.1 Å². The molecule has 1 aromatic heterocycles. The average Bonchev–Trinajstić information content (AvgIpc) is 3.09. The van der Waals surface area contributed by atoms with Crippen LogP contribution in [0.2, 0.25) is 0 Å². The molecule has 1 aliphatic rings. The van der Waals surface area contributed by atoms with Crippen LogP contribution in [0.15, 0.2) is 30.3 Å². The summed E-state index contributed by atoms with van der Waals surface area (Å²) in [6.45, 7) is 7.78. The molecule has 7 nitrogen and oxygen atoms in total. The van der Waals surface area contributed by atoms with E-state index < -0.39 is 0 Å². The van der Waals surface area contributed by atoms with Gasteiger partial charge in [0.2, 0.25) is 5.91 Å². The van der Waals surface area contributed by atoms with Crippen molar-refractivity contribution < 1.29 is 14.0 Å². The van der Waals surface area contributed by atoms with E-state index in [1.54, 1.807) is 27.8 Å². The summed E-state index contributed by atoms with van der Waals surface area (Å²) in [5.41, 5.74) is 2.30. The van der Waals surface area contributed by atoms with Gasteiger partial charge in [-0.05, 0) is 37.6 Å². The largest absolute Gasteiger partial charge is 0.342 e. The Balaban J connectivity index is 1.44. The highest BCUT2D eigenvalue weighted by Gasteiger charge is 2.22. The normalized spacial score (nSPS) is 14.9. The Bertz CT molecular complexity index is 826. The molecule has 1 N–H and O–H groups in total. The second kappa shape index (κ2) is 8.97. The molecule has 0 bridgehead atoms. The fourth-order valence-electron chi connectivity index (χ4n) is 3.33. The zero-order valence-electron chi connectivity index (χ0n) is 16.3. The number of nitrogens with zero attached hydrogens (tertiary/aromatic N) is 4. The van der Waals surface area contributed by atoms with Gasteiger partial charge in [-0.2, -0.15) is 5.10 Å². The highest BCUT2D eigenvalue weighted by atomic mass is 19.1. The highest BCUT2D eigenvalue weighted by molar-refractivity contribution is 5.95. The zero-order chi connectivity index (χ0) is 20.1. The number of piperazine rings is 1. The number of aryl methyl sites for hydroxylation is 2. The topological polar surface area (TPSA) is 70.5 Å². The fourth-order valence-corrected chi connectivity index (χ4v) is 3.33. The molecule has 8 heteroatoms. The maximum absolute atomic E-state index is 13.0. The van der Waals surface area contributed by atoms with E-state index in [2.05, 4.69) is 15.3 Å². The lowest BCUT2D eigenvalue weighted by Gasteiger charge is -2.34. The maximum atomic E-state index is 13.0. The fraction of sp³-hybridized carbons (Fsp3) is 0.450. The van der Waals surface area contributed by atoms with Gasteiger partial charge in [-0.15, -0.1) is 0 Å².